The SMILES string of the molecule is C[C@H](NC(=O)[C@@H]([NH3+])CCCCNC(=O)C(F)(F)[C@]1(O)O[C@@H]([C@@H](O)CO)[C@@H](O)[C@H]1O)C(=O)O.C[C@H](NC(=O)[C@@H]([NH3+])CCCCNC(=O)C(F)(F)[C@]1(O)O[C@H](CO)[C@H](O)[C@H](O)[C@H]1O)C(=O)O.[Cl-].[Cl-]. The highest BCUT2D eigenvalue weighted by Gasteiger charge is 2.71. The fourth-order valence-electron chi connectivity index (χ4n) is 5.87. The van der Waals surface area contributed by atoms with Crippen molar-refractivity contribution >= 4 is 35.6 Å². The highest BCUT2D eigenvalue weighted by atomic mass is 35.5. The van der Waals surface area contributed by atoms with Gasteiger partial charge in [-0.2, -0.15) is 17.6 Å². The summed E-state index contributed by atoms with van der Waals surface area (Å²) in [5, 5.41) is 122. The molecule has 4 amide bonds. The number of nitrogens with one attached hydrogen (secondary N) is 4. The van der Waals surface area contributed by atoms with Gasteiger partial charge in [0.2, 0.25) is 0 Å². The number of rotatable bonds is 23. The van der Waals surface area contributed by atoms with E-state index in [1.807, 2.05) is 10.6 Å². The minimum absolute atomic E-state index is 0. The molecule has 2 heterocycles. The van der Waals surface area contributed by atoms with Crippen molar-refractivity contribution in [2.75, 3.05) is 26.3 Å². The van der Waals surface area contributed by atoms with E-state index in [1.54, 1.807) is 0 Å². The second kappa shape index (κ2) is 27.5. The minimum atomic E-state index is -4.78. The smallest absolute Gasteiger partial charge is 0.379 e. The fourth-order valence-corrected chi connectivity index (χ4v) is 5.87. The first-order valence-electron chi connectivity index (χ1n) is 19.6. The Bertz CT molecular complexity index is 1600. The standard InChI is InChI=1S/2C17H29F2N3O10.2ClH/c1-7(14(28)29)22-13(27)8(20)4-2-3-5-21-15(30)16(18,19)17(31)12(26)10(25)11(32-17)9(24)6-23;1-7(14(28)29)22-13(27)8(20)4-2-3-5-21-15(30)16(18,19)17(31)12(26)11(25)10(24)9(6-23)32-17;;/h2*7-12,23-26,31H,2-6,20H2,1H3,(H,21,30)(H,22,27)(H,28,29);2*1H/t7-,8-,9-,10+,11-,12+,17+;7-,8-,9+,10-,11-,12+,17+;;/m00../s1. The van der Waals surface area contributed by atoms with Gasteiger partial charge in [0, 0.05) is 25.9 Å². The van der Waals surface area contributed by atoms with Crippen LogP contribution in [0.15, 0.2) is 0 Å². The molecule has 0 saturated carbocycles. The van der Waals surface area contributed by atoms with Crippen molar-refractivity contribution < 1.29 is 153 Å². The highest BCUT2D eigenvalue weighted by molar-refractivity contribution is 5.87. The predicted molar refractivity (Wildman–Crippen MR) is 197 cm³/mol. The molecule has 32 heteroatoms. The maximum atomic E-state index is 14.5. The van der Waals surface area contributed by atoms with Crippen molar-refractivity contribution in [2.24, 2.45) is 0 Å². The zero-order valence-electron chi connectivity index (χ0n) is 35.3. The number of hydrogen-bond donors (Lipinski definition) is 18. The van der Waals surface area contributed by atoms with Crippen LogP contribution in [0.3, 0.4) is 0 Å². The van der Waals surface area contributed by atoms with Gasteiger partial charge in [-0.15, -0.1) is 0 Å². The molecule has 0 aromatic carbocycles. The molecule has 2 rings (SSSR count). The molecule has 2 fully saturated rings. The summed E-state index contributed by atoms with van der Waals surface area (Å²) in [5.41, 5.74) is 7.15. The van der Waals surface area contributed by atoms with Gasteiger partial charge in [-0.1, -0.05) is 0 Å². The van der Waals surface area contributed by atoms with Crippen molar-refractivity contribution in [3.8, 4) is 0 Å². The molecule has 0 spiro atoms. The molecule has 0 aromatic heterocycles. The molecule has 66 heavy (non-hydrogen) atoms. The third kappa shape index (κ3) is 15.8. The first-order valence-corrected chi connectivity index (χ1v) is 19.6. The molecule has 0 radical (unpaired) electrons. The molecule has 22 N–H and O–H groups in total. The second-order valence-electron chi connectivity index (χ2n) is 15.1. The van der Waals surface area contributed by atoms with Gasteiger partial charge in [0.15, 0.2) is 12.1 Å². The van der Waals surface area contributed by atoms with Crippen LogP contribution >= 0.6 is 0 Å². The van der Waals surface area contributed by atoms with Crippen LogP contribution in [0.2, 0.25) is 0 Å². The highest BCUT2D eigenvalue weighted by Crippen LogP contribution is 2.42. The third-order valence-corrected chi connectivity index (χ3v) is 10.1. The molecule has 14 atom stereocenters. The van der Waals surface area contributed by atoms with Crippen LogP contribution < -0.4 is 57.5 Å². The van der Waals surface area contributed by atoms with Crippen molar-refractivity contribution in [1.82, 2.24) is 21.3 Å². The molecular weight excluding hydrogens is 959 g/mol. The van der Waals surface area contributed by atoms with E-state index in [1.165, 1.54) is 13.8 Å². The zero-order valence-corrected chi connectivity index (χ0v) is 36.8. The molecule has 2 aliphatic rings. The van der Waals surface area contributed by atoms with Gasteiger partial charge < -0.3 is 128 Å². The third-order valence-electron chi connectivity index (χ3n) is 10.1. The number of aliphatic hydroxyl groups is 10. The molecule has 0 aromatic rings. The summed E-state index contributed by atoms with van der Waals surface area (Å²) < 4.78 is 67.0. The van der Waals surface area contributed by atoms with Crippen molar-refractivity contribution in [3.63, 3.8) is 0 Å². The van der Waals surface area contributed by atoms with Crippen LogP contribution in [0.4, 0.5) is 17.6 Å². The lowest BCUT2D eigenvalue weighted by molar-refractivity contribution is -0.405. The molecule has 26 nitrogen and oxygen atoms in total. The Morgan fingerprint density at radius 2 is 1.02 bits per heavy atom. The van der Waals surface area contributed by atoms with Gasteiger partial charge in [0.25, 0.3) is 35.2 Å². The Kier molecular flexibility index (Phi) is 27.0. The first kappa shape index (κ1) is 64.6. The van der Waals surface area contributed by atoms with Crippen LogP contribution in [0, 0.1) is 0 Å². The number of carboxylic acids is 2. The van der Waals surface area contributed by atoms with Gasteiger partial charge in [-0.25, -0.2) is 0 Å². The van der Waals surface area contributed by atoms with E-state index >= 15 is 0 Å². The maximum absolute atomic E-state index is 14.5. The van der Waals surface area contributed by atoms with E-state index in [2.05, 4.69) is 31.6 Å². The Labute approximate surface area is 384 Å². The number of ether oxygens (including phenoxy) is 2. The van der Waals surface area contributed by atoms with E-state index in [4.69, 9.17) is 20.4 Å². The number of hydrogen-bond acceptors (Lipinski definition) is 18. The van der Waals surface area contributed by atoms with Crippen LogP contribution in [-0.2, 0) is 38.2 Å². The molecule has 0 bridgehead atoms. The molecule has 0 aliphatic carbocycles. The second-order valence-corrected chi connectivity index (χ2v) is 15.1. The Morgan fingerprint density at radius 1 is 0.652 bits per heavy atom. The minimum Gasteiger partial charge on any atom is -1.00 e. The lowest BCUT2D eigenvalue weighted by Gasteiger charge is -2.47. The van der Waals surface area contributed by atoms with Gasteiger partial charge >= 0.3 is 23.8 Å². The average Bonchev–Trinajstić information content (AvgIpc) is 3.48. The number of quaternary nitrogens is 2. The van der Waals surface area contributed by atoms with E-state index < -0.39 is 145 Å². The van der Waals surface area contributed by atoms with Crippen molar-refractivity contribution in [3.05, 3.63) is 0 Å². The van der Waals surface area contributed by atoms with E-state index in [0.717, 1.165) is 0 Å². The van der Waals surface area contributed by atoms with Gasteiger partial charge in [-0.05, 0) is 39.5 Å². The topological polar surface area (TPSA) is 467 Å². The van der Waals surface area contributed by atoms with Crippen LogP contribution in [0.5, 0.6) is 0 Å². The number of halogens is 6. The predicted octanol–water partition coefficient (Wildman–Crippen LogP) is -15.5. The number of unbranched alkanes of at least 4 members (excludes halogenated alkanes) is 2. The van der Waals surface area contributed by atoms with E-state index in [-0.39, 0.29) is 76.4 Å². The summed E-state index contributed by atoms with van der Waals surface area (Å²) in [6.45, 7) is -0.209. The number of carbonyl (C=O) groups is 6. The van der Waals surface area contributed by atoms with Crippen molar-refractivity contribution in [2.45, 2.75) is 149 Å². The molecule has 2 saturated heterocycles. The lowest BCUT2D eigenvalue weighted by Crippen LogP contribution is -3.00. The van der Waals surface area contributed by atoms with Gasteiger partial charge in [0.1, 0.15) is 60.9 Å². The van der Waals surface area contributed by atoms with Gasteiger partial charge in [-0.3, -0.25) is 28.8 Å². The van der Waals surface area contributed by atoms with Crippen molar-refractivity contribution in [1.29, 1.82) is 0 Å². The average molecular weight is 1020 g/mol. The molecular formula is C34H60Cl2F4N6O20. The number of carbonyl (C=O) groups excluding carboxylic acids is 4. The summed E-state index contributed by atoms with van der Waals surface area (Å²) in [7, 11) is 0. The Hall–Kier alpha value is -3.44. The van der Waals surface area contributed by atoms with Crippen LogP contribution in [-0.4, -0.2) is 220 Å². The maximum Gasteiger partial charge on any atom is 0.379 e. The van der Waals surface area contributed by atoms with Crippen LogP contribution in [0.25, 0.3) is 0 Å². The summed E-state index contributed by atoms with van der Waals surface area (Å²) in [6, 6.07) is -3.85. The Balaban J connectivity index is 0. The molecule has 388 valence electrons. The zero-order chi connectivity index (χ0) is 49.7. The number of aliphatic hydroxyl groups excluding tert-OH is 8. The number of carboxylic acid groups (broad SMARTS) is 2. The number of amides is 4. The quantitative estimate of drug-likeness (QED) is 0.0334. The summed E-state index contributed by atoms with van der Waals surface area (Å²) in [6.07, 6.45) is -16.6. The normalized spacial score (nSPS) is 28.5. The molecule has 0 unspecified atom stereocenters. The number of alkyl halides is 4. The van der Waals surface area contributed by atoms with E-state index in [9.17, 15) is 87.2 Å². The lowest BCUT2D eigenvalue weighted by atomic mass is 9.88. The molecule has 2 aliphatic heterocycles. The van der Waals surface area contributed by atoms with Crippen LogP contribution in [0.1, 0.15) is 52.4 Å². The summed E-state index contributed by atoms with van der Waals surface area (Å²) >= 11 is 0. The monoisotopic (exact) mass is 1020 g/mol. The first-order chi connectivity index (χ1) is 29.4. The summed E-state index contributed by atoms with van der Waals surface area (Å²) in [5.74, 6) is -25.0. The number of aliphatic carboxylic acids is 2. The van der Waals surface area contributed by atoms with Gasteiger partial charge in [0.05, 0.1) is 13.2 Å². The fraction of sp³-hybridized carbons (Fsp3) is 0.824. The van der Waals surface area contributed by atoms with E-state index in [0.29, 0.717) is 0 Å². The Morgan fingerprint density at radius 3 is 1.36 bits per heavy atom. The largest absolute Gasteiger partial charge is 1.00 e. The summed E-state index contributed by atoms with van der Waals surface area (Å²) in [4.78, 5) is 68.8.